The van der Waals surface area contributed by atoms with Gasteiger partial charge in [0.05, 0.1) is 17.6 Å². The quantitative estimate of drug-likeness (QED) is 0.841. The van der Waals surface area contributed by atoms with Gasteiger partial charge in [-0.05, 0) is 31.9 Å². The molecule has 0 aliphatic heterocycles. The van der Waals surface area contributed by atoms with E-state index in [4.69, 9.17) is 0 Å². The number of aryl methyl sites for hydroxylation is 1. The van der Waals surface area contributed by atoms with Gasteiger partial charge in [0.1, 0.15) is 9.84 Å². The van der Waals surface area contributed by atoms with Gasteiger partial charge in [0, 0.05) is 11.4 Å². The molecule has 0 radical (unpaired) electrons. The van der Waals surface area contributed by atoms with E-state index in [1.807, 2.05) is 19.1 Å². The summed E-state index contributed by atoms with van der Waals surface area (Å²) >= 11 is 0. The molecule has 0 aromatic carbocycles. The minimum Gasteiger partial charge on any atom is -0.387 e. The Morgan fingerprint density at radius 1 is 1.41 bits per heavy atom. The van der Waals surface area contributed by atoms with E-state index in [1.54, 1.807) is 13.0 Å². The first-order valence-electron chi connectivity index (χ1n) is 5.76. The van der Waals surface area contributed by atoms with Gasteiger partial charge in [0.2, 0.25) is 0 Å². The molecule has 1 rings (SSSR count). The van der Waals surface area contributed by atoms with E-state index >= 15 is 0 Å². The van der Waals surface area contributed by atoms with Crippen LogP contribution in [0, 0.1) is 6.92 Å². The van der Waals surface area contributed by atoms with Gasteiger partial charge in [-0.25, -0.2) is 8.42 Å². The van der Waals surface area contributed by atoms with E-state index in [9.17, 15) is 13.5 Å². The fraction of sp³-hybridized carbons (Fsp3) is 0.583. The van der Waals surface area contributed by atoms with E-state index in [0.29, 0.717) is 18.5 Å². The molecule has 0 fully saturated rings. The number of hydrogen-bond acceptors (Lipinski definition) is 4. The summed E-state index contributed by atoms with van der Waals surface area (Å²) in [5.74, 6) is 0.290. The van der Waals surface area contributed by atoms with Crippen molar-refractivity contribution in [2.45, 2.75) is 32.8 Å². The van der Waals surface area contributed by atoms with Gasteiger partial charge in [0.25, 0.3) is 0 Å². The predicted octanol–water partition coefficient (Wildman–Crippen LogP) is 1.64. The molecule has 1 heterocycles. The Kier molecular flexibility index (Phi) is 5.08. The summed E-state index contributed by atoms with van der Waals surface area (Å²) in [4.78, 5) is 4.21. The molecule has 0 bridgehead atoms. The Morgan fingerprint density at radius 2 is 2.12 bits per heavy atom. The fourth-order valence-corrected chi connectivity index (χ4v) is 2.43. The molecule has 96 valence electrons. The van der Waals surface area contributed by atoms with Gasteiger partial charge in [-0.2, -0.15) is 0 Å². The lowest BCUT2D eigenvalue weighted by molar-refractivity contribution is 0.162. The molecule has 17 heavy (non-hydrogen) atoms. The lowest BCUT2D eigenvalue weighted by atomic mass is 10.1. The zero-order valence-electron chi connectivity index (χ0n) is 10.3. The monoisotopic (exact) mass is 257 g/mol. The zero-order chi connectivity index (χ0) is 12.9. The van der Waals surface area contributed by atoms with E-state index < -0.39 is 15.9 Å². The van der Waals surface area contributed by atoms with Gasteiger partial charge in [-0.1, -0.05) is 13.0 Å². The largest absolute Gasteiger partial charge is 0.387 e. The van der Waals surface area contributed by atoms with Gasteiger partial charge < -0.3 is 5.11 Å². The Morgan fingerprint density at radius 3 is 2.71 bits per heavy atom. The smallest absolute Gasteiger partial charge is 0.150 e. The first-order valence-corrected chi connectivity index (χ1v) is 7.59. The SMILES string of the molecule is CCS(=O)(=O)CCCC(O)c1cccc(C)n1. The summed E-state index contributed by atoms with van der Waals surface area (Å²) < 4.78 is 22.5. The van der Waals surface area contributed by atoms with Crippen LogP contribution < -0.4 is 0 Å². The standard InChI is InChI=1S/C12H19NO3S/c1-3-17(15,16)9-5-8-12(14)11-7-4-6-10(2)13-11/h4,6-7,12,14H,3,5,8-9H2,1-2H3. The van der Waals surface area contributed by atoms with E-state index in [1.165, 1.54) is 0 Å². The van der Waals surface area contributed by atoms with Gasteiger partial charge in [0.15, 0.2) is 0 Å². The van der Waals surface area contributed by atoms with Crippen molar-refractivity contribution in [3.05, 3.63) is 29.6 Å². The Bertz CT molecular complexity index is 457. The predicted molar refractivity (Wildman–Crippen MR) is 67.5 cm³/mol. The molecule has 0 spiro atoms. The Labute approximate surface area is 103 Å². The van der Waals surface area contributed by atoms with Crippen molar-refractivity contribution < 1.29 is 13.5 Å². The van der Waals surface area contributed by atoms with Crippen LogP contribution in [0.25, 0.3) is 0 Å². The molecule has 1 N–H and O–H groups in total. The molecule has 0 saturated carbocycles. The third-order valence-electron chi connectivity index (χ3n) is 2.62. The highest BCUT2D eigenvalue weighted by Crippen LogP contribution is 2.16. The Balaban J connectivity index is 2.48. The van der Waals surface area contributed by atoms with Crippen LogP contribution in [0.2, 0.25) is 0 Å². The second kappa shape index (κ2) is 6.12. The summed E-state index contributed by atoms with van der Waals surface area (Å²) in [7, 11) is -2.94. The molecule has 0 amide bonds. The molecule has 0 saturated heterocycles. The fourth-order valence-electron chi connectivity index (χ4n) is 1.54. The third kappa shape index (κ3) is 4.83. The molecule has 0 aliphatic rings. The third-order valence-corrected chi connectivity index (χ3v) is 4.41. The van der Waals surface area contributed by atoms with Crippen LogP contribution in [0.4, 0.5) is 0 Å². The highest BCUT2D eigenvalue weighted by Gasteiger charge is 2.12. The van der Waals surface area contributed by atoms with Crippen molar-refractivity contribution >= 4 is 9.84 Å². The van der Waals surface area contributed by atoms with Gasteiger partial charge >= 0.3 is 0 Å². The minimum atomic E-state index is -2.94. The van der Waals surface area contributed by atoms with Crippen molar-refractivity contribution in [3.63, 3.8) is 0 Å². The van der Waals surface area contributed by atoms with Crippen LogP contribution in [0.1, 0.15) is 37.3 Å². The number of nitrogens with zero attached hydrogens (tertiary/aromatic N) is 1. The lowest BCUT2D eigenvalue weighted by Gasteiger charge is -2.10. The molecule has 1 unspecified atom stereocenters. The molecule has 1 aromatic heterocycles. The number of aromatic nitrogens is 1. The Hall–Kier alpha value is -0.940. The molecular formula is C12H19NO3S. The van der Waals surface area contributed by atoms with E-state index in [2.05, 4.69) is 4.98 Å². The maximum absolute atomic E-state index is 11.3. The number of pyridine rings is 1. The summed E-state index contributed by atoms with van der Waals surface area (Å²) in [6.07, 6.45) is 0.213. The highest BCUT2D eigenvalue weighted by atomic mass is 32.2. The average Bonchev–Trinajstić information content (AvgIpc) is 2.28. The van der Waals surface area contributed by atoms with Crippen LogP contribution in [0.5, 0.6) is 0 Å². The number of sulfone groups is 1. The van der Waals surface area contributed by atoms with Crippen LogP contribution in [0.3, 0.4) is 0 Å². The lowest BCUT2D eigenvalue weighted by Crippen LogP contribution is -2.10. The van der Waals surface area contributed by atoms with Crippen molar-refractivity contribution in [3.8, 4) is 0 Å². The summed E-state index contributed by atoms with van der Waals surface area (Å²) in [5.41, 5.74) is 1.46. The van der Waals surface area contributed by atoms with Gasteiger partial charge in [-0.3, -0.25) is 4.98 Å². The first kappa shape index (κ1) is 14.1. The second-order valence-corrected chi connectivity index (χ2v) is 6.57. The molecule has 1 atom stereocenters. The van der Waals surface area contributed by atoms with E-state index in [0.717, 1.165) is 5.69 Å². The number of hydrogen-bond donors (Lipinski definition) is 1. The first-order chi connectivity index (χ1) is 7.94. The van der Waals surface area contributed by atoms with Gasteiger partial charge in [-0.15, -0.1) is 0 Å². The molecular weight excluding hydrogens is 238 g/mol. The van der Waals surface area contributed by atoms with Crippen molar-refractivity contribution in [1.82, 2.24) is 4.98 Å². The maximum Gasteiger partial charge on any atom is 0.150 e. The average molecular weight is 257 g/mol. The number of aliphatic hydroxyl groups excluding tert-OH is 1. The van der Waals surface area contributed by atoms with E-state index in [-0.39, 0.29) is 11.5 Å². The highest BCUT2D eigenvalue weighted by molar-refractivity contribution is 7.91. The summed E-state index contributed by atoms with van der Waals surface area (Å²) in [5, 5.41) is 9.86. The molecule has 4 nitrogen and oxygen atoms in total. The van der Waals surface area contributed by atoms with Crippen LogP contribution in [0.15, 0.2) is 18.2 Å². The molecule has 0 aliphatic carbocycles. The molecule has 5 heteroatoms. The zero-order valence-corrected chi connectivity index (χ0v) is 11.1. The minimum absolute atomic E-state index is 0.131. The van der Waals surface area contributed by atoms with Crippen LogP contribution in [-0.4, -0.2) is 30.0 Å². The maximum atomic E-state index is 11.3. The van der Waals surface area contributed by atoms with Crippen molar-refractivity contribution in [2.75, 3.05) is 11.5 Å². The van der Waals surface area contributed by atoms with Crippen molar-refractivity contribution in [1.29, 1.82) is 0 Å². The number of rotatable bonds is 6. The number of aliphatic hydroxyl groups is 1. The topological polar surface area (TPSA) is 67.3 Å². The second-order valence-electron chi connectivity index (χ2n) is 4.10. The summed E-state index contributed by atoms with van der Waals surface area (Å²) in [6, 6.07) is 5.45. The normalized spacial score (nSPS) is 13.6. The molecule has 1 aromatic rings. The van der Waals surface area contributed by atoms with Crippen molar-refractivity contribution in [2.24, 2.45) is 0 Å². The summed E-state index contributed by atoms with van der Waals surface area (Å²) in [6.45, 7) is 3.49. The van der Waals surface area contributed by atoms with Crippen LogP contribution in [-0.2, 0) is 9.84 Å². The van der Waals surface area contributed by atoms with Crippen LogP contribution >= 0.6 is 0 Å².